The van der Waals surface area contributed by atoms with Gasteiger partial charge < -0.3 is 15.1 Å². The number of aryl methyl sites for hydroxylation is 1. The lowest BCUT2D eigenvalue weighted by molar-refractivity contribution is 0.280. The summed E-state index contributed by atoms with van der Waals surface area (Å²) in [5.41, 5.74) is 3.26. The Labute approximate surface area is 157 Å². The van der Waals surface area contributed by atoms with E-state index in [1.54, 1.807) is 13.1 Å². The van der Waals surface area contributed by atoms with E-state index in [4.69, 9.17) is 23.2 Å². The minimum Gasteiger partial charge on any atom is -0.505 e. The van der Waals surface area contributed by atoms with Crippen molar-refractivity contribution >= 4 is 40.8 Å². The molecule has 5 nitrogen and oxygen atoms in total. The topological polar surface area (TPSA) is 69.0 Å². The average molecular weight is 382 g/mol. The smallest absolute Gasteiger partial charge is 0.145 e. The van der Waals surface area contributed by atoms with Gasteiger partial charge in [-0.15, -0.1) is 23.2 Å². The average Bonchev–Trinajstić information content (AvgIpc) is 2.63. The van der Waals surface area contributed by atoms with Gasteiger partial charge in [-0.25, -0.2) is 0 Å². The van der Waals surface area contributed by atoms with E-state index in [1.807, 2.05) is 24.3 Å². The Morgan fingerprint density at radius 3 is 2.36 bits per heavy atom. The van der Waals surface area contributed by atoms with Crippen LogP contribution in [0.1, 0.15) is 16.8 Å². The first kappa shape index (κ1) is 19.5. The van der Waals surface area contributed by atoms with E-state index in [2.05, 4.69) is 14.9 Å². The third-order valence-corrected chi connectivity index (χ3v) is 4.13. The SMILES string of the molecule is Cc1ncc(CO)c(C=Nc2ccc(N(CCCl)CCCl)cc2)c1O. The first-order chi connectivity index (χ1) is 12.1. The lowest BCUT2D eigenvalue weighted by Crippen LogP contribution is -2.27. The van der Waals surface area contributed by atoms with Crippen molar-refractivity contribution < 1.29 is 10.2 Å². The molecule has 2 rings (SSSR count). The maximum absolute atomic E-state index is 10.1. The van der Waals surface area contributed by atoms with Crippen LogP contribution in [0.4, 0.5) is 11.4 Å². The predicted molar refractivity (Wildman–Crippen MR) is 104 cm³/mol. The number of aromatic hydroxyl groups is 1. The Kier molecular flexibility index (Phi) is 7.50. The van der Waals surface area contributed by atoms with Crippen molar-refractivity contribution in [2.24, 2.45) is 4.99 Å². The van der Waals surface area contributed by atoms with E-state index in [9.17, 15) is 10.2 Å². The number of nitrogens with zero attached hydrogens (tertiary/aromatic N) is 3. The van der Waals surface area contributed by atoms with E-state index in [0.717, 1.165) is 24.5 Å². The molecule has 25 heavy (non-hydrogen) atoms. The minimum absolute atomic E-state index is 0.0299. The quantitative estimate of drug-likeness (QED) is 0.541. The zero-order valence-corrected chi connectivity index (χ0v) is 15.5. The highest BCUT2D eigenvalue weighted by Crippen LogP contribution is 2.24. The third-order valence-electron chi connectivity index (χ3n) is 3.79. The molecule has 0 fully saturated rings. The Morgan fingerprint density at radius 2 is 1.80 bits per heavy atom. The molecule has 0 aliphatic carbocycles. The number of benzene rings is 1. The highest BCUT2D eigenvalue weighted by atomic mass is 35.5. The number of anilines is 1. The van der Waals surface area contributed by atoms with E-state index in [1.165, 1.54) is 6.20 Å². The number of hydrogen-bond donors (Lipinski definition) is 2. The Bertz CT molecular complexity index is 715. The molecule has 0 spiro atoms. The fourth-order valence-corrected chi connectivity index (χ4v) is 2.79. The number of aliphatic hydroxyl groups is 1. The van der Waals surface area contributed by atoms with Gasteiger partial charge in [0.1, 0.15) is 5.75 Å². The molecular formula is C18H21Cl2N3O2. The summed E-state index contributed by atoms with van der Waals surface area (Å²) >= 11 is 11.7. The molecule has 0 saturated heterocycles. The maximum atomic E-state index is 10.1. The molecule has 2 N–H and O–H groups in total. The fourth-order valence-electron chi connectivity index (χ4n) is 2.39. The third kappa shape index (κ3) is 5.08. The summed E-state index contributed by atoms with van der Waals surface area (Å²) in [6.45, 7) is 2.93. The van der Waals surface area contributed by atoms with Gasteiger partial charge in [0.05, 0.1) is 18.0 Å². The molecule has 0 saturated carbocycles. The number of hydrogen-bond acceptors (Lipinski definition) is 5. The van der Waals surface area contributed by atoms with Crippen LogP contribution in [0.5, 0.6) is 5.75 Å². The van der Waals surface area contributed by atoms with Crippen molar-refractivity contribution in [2.45, 2.75) is 13.5 Å². The van der Waals surface area contributed by atoms with E-state index in [-0.39, 0.29) is 12.4 Å². The molecule has 1 aromatic carbocycles. The molecule has 0 unspecified atom stereocenters. The second kappa shape index (κ2) is 9.61. The highest BCUT2D eigenvalue weighted by Gasteiger charge is 2.09. The van der Waals surface area contributed by atoms with E-state index < -0.39 is 0 Å². The first-order valence-electron chi connectivity index (χ1n) is 7.90. The number of rotatable bonds is 8. The number of halogens is 2. The Hall–Kier alpha value is -1.82. The molecule has 7 heteroatoms. The molecule has 0 aliphatic heterocycles. The number of alkyl halides is 2. The van der Waals surface area contributed by atoms with Gasteiger partial charge in [0.2, 0.25) is 0 Å². The van der Waals surface area contributed by atoms with Gasteiger partial charge in [-0.1, -0.05) is 0 Å². The molecular weight excluding hydrogens is 361 g/mol. The highest BCUT2D eigenvalue weighted by molar-refractivity contribution is 6.18. The molecule has 2 aromatic rings. The van der Waals surface area contributed by atoms with Crippen LogP contribution in [0.2, 0.25) is 0 Å². The number of aliphatic imine (C=N–C) groups is 1. The zero-order valence-electron chi connectivity index (χ0n) is 14.0. The van der Waals surface area contributed by atoms with Crippen molar-refractivity contribution in [3.8, 4) is 5.75 Å². The van der Waals surface area contributed by atoms with Gasteiger partial charge in [-0.05, 0) is 31.2 Å². The van der Waals surface area contributed by atoms with Crippen molar-refractivity contribution in [2.75, 3.05) is 29.7 Å². The van der Waals surface area contributed by atoms with Crippen molar-refractivity contribution in [3.05, 3.63) is 47.3 Å². The van der Waals surface area contributed by atoms with Crippen LogP contribution >= 0.6 is 23.2 Å². The van der Waals surface area contributed by atoms with Gasteiger partial charge in [0, 0.05) is 54.1 Å². The molecule has 0 atom stereocenters. The lowest BCUT2D eigenvalue weighted by Gasteiger charge is -2.22. The van der Waals surface area contributed by atoms with Crippen LogP contribution in [0.15, 0.2) is 35.5 Å². The molecule has 0 aliphatic rings. The Balaban J connectivity index is 2.21. The van der Waals surface area contributed by atoms with Gasteiger partial charge in [-0.2, -0.15) is 0 Å². The molecule has 0 amide bonds. The standard InChI is InChI=1S/C18H21Cl2N3O2/c1-13-18(25)17(14(12-24)10-21-13)11-22-15-2-4-16(5-3-15)23(8-6-19)9-7-20/h2-5,10-11,24-25H,6-9,12H2,1H3. The normalized spacial score (nSPS) is 11.2. The van der Waals surface area contributed by atoms with Crippen molar-refractivity contribution in [1.82, 2.24) is 4.98 Å². The fraction of sp³-hybridized carbons (Fsp3) is 0.333. The minimum atomic E-state index is -0.215. The monoisotopic (exact) mass is 381 g/mol. The van der Waals surface area contributed by atoms with Gasteiger partial charge in [0.25, 0.3) is 0 Å². The van der Waals surface area contributed by atoms with Crippen molar-refractivity contribution in [3.63, 3.8) is 0 Å². The van der Waals surface area contributed by atoms with Crippen LogP contribution < -0.4 is 4.90 Å². The van der Waals surface area contributed by atoms with Crippen LogP contribution in [-0.2, 0) is 6.61 Å². The van der Waals surface area contributed by atoms with Gasteiger partial charge in [-0.3, -0.25) is 9.98 Å². The molecule has 0 radical (unpaired) electrons. The van der Waals surface area contributed by atoms with Gasteiger partial charge >= 0.3 is 0 Å². The second-order valence-corrected chi connectivity index (χ2v) is 6.18. The summed E-state index contributed by atoms with van der Waals surface area (Å²) in [6.07, 6.45) is 3.08. The zero-order chi connectivity index (χ0) is 18.2. The summed E-state index contributed by atoms with van der Waals surface area (Å²) in [5, 5.41) is 19.5. The molecule has 1 heterocycles. The molecule has 1 aromatic heterocycles. The second-order valence-electron chi connectivity index (χ2n) is 5.43. The molecule has 134 valence electrons. The maximum Gasteiger partial charge on any atom is 0.145 e. The van der Waals surface area contributed by atoms with E-state index >= 15 is 0 Å². The first-order valence-corrected chi connectivity index (χ1v) is 8.97. The van der Waals surface area contributed by atoms with Crippen LogP contribution in [0.25, 0.3) is 0 Å². The van der Waals surface area contributed by atoms with Crippen molar-refractivity contribution in [1.29, 1.82) is 0 Å². The largest absolute Gasteiger partial charge is 0.505 e. The van der Waals surface area contributed by atoms with Crippen LogP contribution in [-0.4, -0.2) is 46.3 Å². The van der Waals surface area contributed by atoms with Crippen LogP contribution in [0.3, 0.4) is 0 Å². The Morgan fingerprint density at radius 1 is 1.16 bits per heavy atom. The van der Waals surface area contributed by atoms with Gasteiger partial charge in [0.15, 0.2) is 0 Å². The lowest BCUT2D eigenvalue weighted by atomic mass is 10.1. The number of aliphatic hydroxyl groups excluding tert-OH is 1. The van der Waals surface area contributed by atoms with Crippen LogP contribution in [0, 0.1) is 6.92 Å². The summed E-state index contributed by atoms with van der Waals surface area (Å²) in [4.78, 5) is 10.5. The summed E-state index contributed by atoms with van der Waals surface area (Å²) in [7, 11) is 0. The number of pyridine rings is 1. The molecule has 0 bridgehead atoms. The summed E-state index contributed by atoms with van der Waals surface area (Å²) < 4.78 is 0. The summed E-state index contributed by atoms with van der Waals surface area (Å²) in [6, 6.07) is 7.67. The van der Waals surface area contributed by atoms with E-state index in [0.29, 0.717) is 28.6 Å². The summed E-state index contributed by atoms with van der Waals surface area (Å²) in [5.74, 6) is 1.09. The number of aromatic nitrogens is 1. The predicted octanol–water partition coefficient (Wildman–Crippen LogP) is 3.62.